The van der Waals surface area contributed by atoms with Crippen LogP contribution >= 0.6 is 0 Å². The van der Waals surface area contributed by atoms with Crippen LogP contribution in [-0.2, 0) is 16.4 Å². The number of methoxy groups -OCH3 is 1. The smallest absolute Gasteiger partial charge is 0.240 e. The van der Waals surface area contributed by atoms with Crippen LogP contribution in [0.4, 0.5) is 0 Å². The molecule has 3 N–H and O–H groups in total. The first-order valence-corrected chi connectivity index (χ1v) is 8.90. The van der Waals surface area contributed by atoms with Crippen LogP contribution in [0, 0.1) is 0 Å². The number of phenols is 1. The average molecular weight is 346 g/mol. The fraction of sp³-hybridized carbons (Fsp3) is 0.176. The molecule has 3 aromatic rings. The molecule has 3 rings (SSSR count). The molecule has 0 radical (unpaired) electrons. The Labute approximate surface area is 140 Å². The first-order valence-electron chi connectivity index (χ1n) is 7.42. The molecule has 0 aliphatic heterocycles. The fourth-order valence-electron chi connectivity index (χ4n) is 2.53. The van der Waals surface area contributed by atoms with Gasteiger partial charge in [-0.15, -0.1) is 0 Å². The van der Waals surface area contributed by atoms with E-state index in [4.69, 9.17) is 4.74 Å². The number of sulfonamides is 1. The molecule has 0 unspecified atom stereocenters. The zero-order valence-electron chi connectivity index (χ0n) is 13.1. The summed E-state index contributed by atoms with van der Waals surface area (Å²) in [5.41, 5.74) is 1.85. The summed E-state index contributed by atoms with van der Waals surface area (Å²) in [6.45, 7) is 0.261. The summed E-state index contributed by atoms with van der Waals surface area (Å²) in [7, 11) is -2.04. The van der Waals surface area contributed by atoms with E-state index >= 15 is 0 Å². The van der Waals surface area contributed by atoms with Gasteiger partial charge in [-0.1, -0.05) is 0 Å². The second-order valence-electron chi connectivity index (χ2n) is 5.37. The van der Waals surface area contributed by atoms with E-state index in [1.807, 2.05) is 6.20 Å². The van der Waals surface area contributed by atoms with Crippen molar-refractivity contribution in [1.82, 2.24) is 9.71 Å². The van der Waals surface area contributed by atoms with Crippen LogP contribution in [0.5, 0.6) is 11.5 Å². The highest BCUT2D eigenvalue weighted by Gasteiger charge is 2.14. The van der Waals surface area contributed by atoms with Crippen LogP contribution in [0.2, 0.25) is 0 Å². The van der Waals surface area contributed by atoms with Gasteiger partial charge in [0, 0.05) is 23.6 Å². The summed E-state index contributed by atoms with van der Waals surface area (Å²) >= 11 is 0. The largest absolute Gasteiger partial charge is 0.508 e. The Morgan fingerprint density at radius 1 is 1.17 bits per heavy atom. The summed E-state index contributed by atoms with van der Waals surface area (Å²) in [4.78, 5) is 3.30. The molecular weight excluding hydrogens is 328 g/mol. The lowest BCUT2D eigenvalue weighted by Crippen LogP contribution is -2.25. The minimum absolute atomic E-state index is 0.183. The first kappa shape index (κ1) is 16.4. The van der Waals surface area contributed by atoms with Crippen LogP contribution in [0.15, 0.2) is 53.6 Å². The summed E-state index contributed by atoms with van der Waals surface area (Å²) in [6, 6.07) is 11.3. The number of benzene rings is 2. The van der Waals surface area contributed by atoms with E-state index in [-0.39, 0.29) is 17.2 Å². The molecule has 0 spiro atoms. The quantitative estimate of drug-likeness (QED) is 0.639. The zero-order chi connectivity index (χ0) is 17.2. The number of ether oxygens (including phenoxy) is 1. The molecule has 7 heteroatoms. The van der Waals surface area contributed by atoms with Crippen molar-refractivity contribution in [2.24, 2.45) is 0 Å². The summed E-state index contributed by atoms with van der Waals surface area (Å²) in [5.74, 6) is 0.787. The topological polar surface area (TPSA) is 91.4 Å². The lowest BCUT2D eigenvalue weighted by Gasteiger charge is -2.07. The Morgan fingerprint density at radius 2 is 1.92 bits per heavy atom. The molecule has 0 atom stereocenters. The SMILES string of the molecule is COc1ccc(S(=O)(=O)NCCc2c[nH]c3ccc(O)cc23)cc1. The molecule has 0 fully saturated rings. The fourth-order valence-corrected chi connectivity index (χ4v) is 3.56. The Bertz CT molecular complexity index is 946. The van der Waals surface area contributed by atoms with Gasteiger partial charge in [-0.2, -0.15) is 0 Å². The molecule has 0 saturated carbocycles. The Kier molecular flexibility index (Phi) is 4.46. The summed E-state index contributed by atoms with van der Waals surface area (Å²) in [5, 5.41) is 10.5. The second-order valence-corrected chi connectivity index (χ2v) is 7.13. The van der Waals surface area contributed by atoms with E-state index in [2.05, 4.69) is 9.71 Å². The van der Waals surface area contributed by atoms with Gasteiger partial charge in [0.1, 0.15) is 11.5 Å². The standard InChI is InChI=1S/C17H18N2O4S/c1-23-14-3-5-15(6-4-14)24(21,22)19-9-8-12-11-18-17-7-2-13(20)10-16(12)17/h2-7,10-11,18-20H,8-9H2,1H3. The summed E-state index contributed by atoms with van der Waals surface area (Å²) < 4.78 is 32.2. The van der Waals surface area contributed by atoms with E-state index in [9.17, 15) is 13.5 Å². The molecule has 0 aliphatic carbocycles. The van der Waals surface area contributed by atoms with E-state index in [1.54, 1.807) is 30.3 Å². The summed E-state index contributed by atoms with van der Waals surface area (Å²) in [6.07, 6.45) is 2.34. The van der Waals surface area contributed by atoms with Crippen molar-refractivity contribution < 1.29 is 18.3 Å². The number of aromatic nitrogens is 1. The van der Waals surface area contributed by atoms with Gasteiger partial charge in [0.05, 0.1) is 12.0 Å². The maximum absolute atomic E-state index is 12.3. The number of aromatic amines is 1. The Balaban J connectivity index is 1.69. The minimum atomic E-state index is -3.57. The van der Waals surface area contributed by atoms with E-state index in [1.165, 1.54) is 19.2 Å². The van der Waals surface area contributed by atoms with E-state index in [0.717, 1.165) is 16.5 Å². The molecule has 126 valence electrons. The Morgan fingerprint density at radius 3 is 2.62 bits per heavy atom. The number of nitrogens with one attached hydrogen (secondary N) is 2. The van der Waals surface area contributed by atoms with Gasteiger partial charge in [0.15, 0.2) is 0 Å². The number of phenolic OH excluding ortho intramolecular Hbond substituents is 1. The molecule has 6 nitrogen and oxygen atoms in total. The van der Waals surface area contributed by atoms with Gasteiger partial charge in [-0.05, 0) is 54.4 Å². The van der Waals surface area contributed by atoms with Gasteiger partial charge in [0.25, 0.3) is 0 Å². The van der Waals surface area contributed by atoms with Crippen LogP contribution < -0.4 is 9.46 Å². The third-order valence-corrected chi connectivity index (χ3v) is 5.28. The van der Waals surface area contributed by atoms with Crippen molar-refractivity contribution in [3.63, 3.8) is 0 Å². The maximum atomic E-state index is 12.3. The number of H-pyrrole nitrogens is 1. The number of hydrogen-bond acceptors (Lipinski definition) is 4. The van der Waals surface area contributed by atoms with Crippen LogP contribution in [0.25, 0.3) is 10.9 Å². The molecule has 1 aromatic heterocycles. The average Bonchev–Trinajstić information content (AvgIpc) is 2.97. The normalized spacial score (nSPS) is 11.7. The zero-order valence-corrected chi connectivity index (χ0v) is 13.9. The van der Waals surface area contributed by atoms with Crippen LogP contribution in [-0.4, -0.2) is 32.2 Å². The van der Waals surface area contributed by atoms with Gasteiger partial charge in [0.2, 0.25) is 10.0 Å². The third kappa shape index (κ3) is 3.37. The lowest BCUT2D eigenvalue weighted by molar-refractivity contribution is 0.414. The molecular formula is C17H18N2O4S. The molecule has 0 aliphatic rings. The van der Waals surface area contributed by atoms with Gasteiger partial charge in [-0.3, -0.25) is 0 Å². The van der Waals surface area contributed by atoms with Gasteiger partial charge >= 0.3 is 0 Å². The minimum Gasteiger partial charge on any atom is -0.508 e. The maximum Gasteiger partial charge on any atom is 0.240 e. The van der Waals surface area contributed by atoms with Gasteiger partial charge in [-0.25, -0.2) is 13.1 Å². The molecule has 0 saturated heterocycles. The van der Waals surface area contributed by atoms with Crippen molar-refractivity contribution in [2.75, 3.05) is 13.7 Å². The van der Waals surface area contributed by atoms with Crippen LogP contribution in [0.1, 0.15) is 5.56 Å². The van der Waals surface area contributed by atoms with Crippen molar-refractivity contribution in [3.8, 4) is 11.5 Å². The molecule has 0 bridgehead atoms. The van der Waals surface area contributed by atoms with E-state index < -0.39 is 10.0 Å². The van der Waals surface area contributed by atoms with E-state index in [0.29, 0.717) is 12.2 Å². The number of hydrogen-bond donors (Lipinski definition) is 3. The number of aromatic hydroxyl groups is 1. The highest BCUT2D eigenvalue weighted by molar-refractivity contribution is 7.89. The monoisotopic (exact) mass is 346 g/mol. The number of fused-ring (bicyclic) bond motifs is 1. The second kappa shape index (κ2) is 6.54. The lowest BCUT2D eigenvalue weighted by atomic mass is 10.1. The first-order chi connectivity index (χ1) is 11.5. The molecule has 0 amide bonds. The third-order valence-electron chi connectivity index (χ3n) is 3.81. The highest BCUT2D eigenvalue weighted by Crippen LogP contribution is 2.23. The molecule has 24 heavy (non-hydrogen) atoms. The predicted octanol–water partition coefficient (Wildman–Crippen LogP) is 2.40. The van der Waals surface area contributed by atoms with Gasteiger partial charge < -0.3 is 14.8 Å². The van der Waals surface area contributed by atoms with Crippen molar-refractivity contribution in [3.05, 3.63) is 54.2 Å². The van der Waals surface area contributed by atoms with Crippen molar-refractivity contribution in [2.45, 2.75) is 11.3 Å². The van der Waals surface area contributed by atoms with Crippen LogP contribution in [0.3, 0.4) is 0 Å². The molecule has 1 heterocycles. The number of rotatable bonds is 6. The Hall–Kier alpha value is -2.51. The molecule has 2 aromatic carbocycles. The predicted molar refractivity (Wildman–Crippen MR) is 91.9 cm³/mol. The van der Waals surface area contributed by atoms with Crippen molar-refractivity contribution >= 4 is 20.9 Å². The van der Waals surface area contributed by atoms with Crippen molar-refractivity contribution in [1.29, 1.82) is 0 Å². The highest BCUT2D eigenvalue weighted by atomic mass is 32.2.